The molecular formula is C26H22BrFO6. The third-order valence-corrected chi connectivity index (χ3v) is 7.47. The van der Waals surface area contributed by atoms with Gasteiger partial charge in [0, 0.05) is 22.5 Å². The Bertz CT molecular complexity index is 1250. The number of hydrogen-bond donors (Lipinski definition) is 2. The van der Waals surface area contributed by atoms with Crippen molar-refractivity contribution in [2.75, 3.05) is 14.2 Å². The van der Waals surface area contributed by atoms with Gasteiger partial charge in [0.15, 0.2) is 11.2 Å². The normalized spacial score (nSPS) is 29.2. The molecule has 0 spiro atoms. The molecule has 3 aromatic carbocycles. The molecule has 176 valence electrons. The second-order valence-electron chi connectivity index (χ2n) is 8.47. The quantitative estimate of drug-likeness (QED) is 0.497. The van der Waals surface area contributed by atoms with E-state index >= 15 is 0 Å². The zero-order valence-electron chi connectivity index (χ0n) is 18.4. The van der Waals surface area contributed by atoms with Crippen LogP contribution in [0.4, 0.5) is 4.39 Å². The Kier molecular flexibility index (Phi) is 5.42. The van der Waals surface area contributed by atoms with Crippen molar-refractivity contribution in [3.63, 3.8) is 0 Å². The summed E-state index contributed by atoms with van der Waals surface area (Å²) < 4.78 is 32.2. The van der Waals surface area contributed by atoms with Gasteiger partial charge in [0.25, 0.3) is 0 Å². The molecule has 6 nitrogen and oxygen atoms in total. The second kappa shape index (κ2) is 8.08. The highest BCUT2D eigenvalue weighted by Gasteiger charge is 2.78. The molecule has 8 heteroatoms. The van der Waals surface area contributed by atoms with Crippen LogP contribution in [0.2, 0.25) is 0 Å². The fourth-order valence-electron chi connectivity index (χ4n) is 5.63. The number of rotatable bonds is 4. The van der Waals surface area contributed by atoms with E-state index in [1.54, 1.807) is 48.5 Å². The van der Waals surface area contributed by atoms with Gasteiger partial charge in [0.05, 0.1) is 25.7 Å². The first kappa shape index (κ1) is 22.8. The fraction of sp³-hybridized carbons (Fsp3) is 0.269. The molecule has 1 fully saturated rings. The fourth-order valence-corrected chi connectivity index (χ4v) is 5.90. The minimum absolute atomic E-state index is 0.00728. The maximum Gasteiger partial charge on any atom is 0.312 e. The Morgan fingerprint density at radius 1 is 1.09 bits per heavy atom. The Hall–Kier alpha value is -2.94. The van der Waals surface area contributed by atoms with Crippen LogP contribution in [0.1, 0.15) is 22.6 Å². The van der Waals surface area contributed by atoms with Gasteiger partial charge in [-0.05, 0) is 23.3 Å². The topological polar surface area (TPSA) is 85.2 Å². The molecule has 0 amide bonds. The average Bonchev–Trinajstić information content (AvgIpc) is 3.21. The Labute approximate surface area is 204 Å². The van der Waals surface area contributed by atoms with Crippen LogP contribution in [-0.4, -0.2) is 36.5 Å². The molecule has 0 unspecified atom stereocenters. The number of carbonyl (C=O) groups is 1. The molecule has 2 aliphatic rings. The van der Waals surface area contributed by atoms with Crippen LogP contribution in [0.15, 0.2) is 71.2 Å². The SMILES string of the molecule is COC(=O)[C@H]1[C@@H](O)[C@@]2(O)c3c(OC)cc(F)cc3O[C@@]2(c2ccc(Br)cc2)[C@@H]1c1ccccc1. The van der Waals surface area contributed by atoms with Crippen LogP contribution < -0.4 is 9.47 Å². The number of methoxy groups -OCH3 is 2. The van der Waals surface area contributed by atoms with E-state index in [-0.39, 0.29) is 17.1 Å². The van der Waals surface area contributed by atoms with Gasteiger partial charge in [-0.25, -0.2) is 4.39 Å². The summed E-state index contributed by atoms with van der Waals surface area (Å²) in [5, 5.41) is 24.2. The molecule has 5 rings (SSSR count). The highest BCUT2D eigenvalue weighted by atomic mass is 79.9. The number of aliphatic hydroxyl groups excluding tert-OH is 1. The van der Waals surface area contributed by atoms with E-state index in [0.717, 1.165) is 16.6 Å². The van der Waals surface area contributed by atoms with Gasteiger partial charge >= 0.3 is 5.97 Å². The summed E-state index contributed by atoms with van der Waals surface area (Å²) in [5.74, 6) is -3.36. The zero-order valence-corrected chi connectivity index (χ0v) is 20.0. The van der Waals surface area contributed by atoms with Gasteiger partial charge in [-0.3, -0.25) is 4.79 Å². The highest BCUT2D eigenvalue weighted by molar-refractivity contribution is 9.10. The molecule has 0 radical (unpaired) electrons. The lowest BCUT2D eigenvalue weighted by Crippen LogP contribution is -2.52. The lowest BCUT2D eigenvalue weighted by molar-refractivity contribution is -0.161. The van der Waals surface area contributed by atoms with Crippen molar-refractivity contribution in [3.05, 3.63) is 93.7 Å². The van der Waals surface area contributed by atoms with Crippen molar-refractivity contribution >= 4 is 21.9 Å². The number of hydrogen-bond acceptors (Lipinski definition) is 6. The predicted octanol–water partition coefficient (Wildman–Crippen LogP) is 4.02. The van der Waals surface area contributed by atoms with Crippen LogP contribution in [0.25, 0.3) is 0 Å². The van der Waals surface area contributed by atoms with E-state index in [1.165, 1.54) is 14.2 Å². The molecule has 34 heavy (non-hydrogen) atoms. The minimum Gasteiger partial charge on any atom is -0.496 e. The molecule has 1 saturated carbocycles. The van der Waals surface area contributed by atoms with Crippen LogP contribution in [0.5, 0.6) is 11.5 Å². The molecule has 5 atom stereocenters. The molecule has 0 saturated heterocycles. The summed E-state index contributed by atoms with van der Waals surface area (Å²) >= 11 is 3.42. The number of fused-ring (bicyclic) bond motifs is 3. The Balaban J connectivity index is 1.90. The minimum atomic E-state index is -2.17. The van der Waals surface area contributed by atoms with Crippen LogP contribution in [0.3, 0.4) is 0 Å². The molecule has 1 aliphatic carbocycles. The van der Waals surface area contributed by atoms with Crippen molar-refractivity contribution in [1.29, 1.82) is 0 Å². The van der Waals surface area contributed by atoms with E-state index in [4.69, 9.17) is 14.2 Å². The number of esters is 1. The second-order valence-corrected chi connectivity index (χ2v) is 9.39. The summed E-state index contributed by atoms with van der Waals surface area (Å²) in [6.07, 6.45) is -1.66. The van der Waals surface area contributed by atoms with Gasteiger partial charge in [0.2, 0.25) is 0 Å². The highest BCUT2D eigenvalue weighted by Crippen LogP contribution is 2.70. The van der Waals surface area contributed by atoms with E-state index in [1.807, 2.05) is 6.07 Å². The number of aliphatic hydroxyl groups is 2. The summed E-state index contributed by atoms with van der Waals surface area (Å²) in [6.45, 7) is 0. The summed E-state index contributed by atoms with van der Waals surface area (Å²) in [6, 6.07) is 18.3. The first-order chi connectivity index (χ1) is 16.3. The van der Waals surface area contributed by atoms with Crippen LogP contribution in [0, 0.1) is 11.7 Å². The van der Waals surface area contributed by atoms with Crippen LogP contribution in [-0.2, 0) is 20.7 Å². The molecular weight excluding hydrogens is 507 g/mol. The maximum atomic E-state index is 14.5. The summed E-state index contributed by atoms with van der Waals surface area (Å²) in [7, 11) is 2.57. The van der Waals surface area contributed by atoms with Gasteiger partial charge in [-0.1, -0.05) is 58.4 Å². The van der Waals surface area contributed by atoms with E-state index in [0.29, 0.717) is 11.1 Å². The summed E-state index contributed by atoms with van der Waals surface area (Å²) in [4.78, 5) is 13.1. The van der Waals surface area contributed by atoms with Crippen molar-refractivity contribution < 1.29 is 33.6 Å². The Morgan fingerprint density at radius 2 is 1.76 bits per heavy atom. The van der Waals surface area contributed by atoms with Crippen molar-refractivity contribution in [2.24, 2.45) is 5.92 Å². The number of halogens is 2. The van der Waals surface area contributed by atoms with Crippen molar-refractivity contribution in [2.45, 2.75) is 23.2 Å². The van der Waals surface area contributed by atoms with E-state index in [9.17, 15) is 19.4 Å². The Morgan fingerprint density at radius 3 is 2.38 bits per heavy atom. The summed E-state index contributed by atoms with van der Waals surface area (Å²) in [5.41, 5.74) is -2.65. The standard InChI is InChI=1S/C26H22BrFO6/c1-32-18-12-17(28)13-19-22(18)25(31)23(29)20(24(30)33-2)21(14-6-4-3-5-7-14)26(25,34-19)15-8-10-16(27)11-9-15/h3-13,20-21,23,29,31H,1-2H3/t20-,21-,23-,25+,26+/m1/s1. The number of carbonyl (C=O) groups excluding carboxylic acids is 1. The van der Waals surface area contributed by atoms with Crippen molar-refractivity contribution in [3.8, 4) is 11.5 Å². The molecule has 3 aromatic rings. The largest absolute Gasteiger partial charge is 0.496 e. The van der Waals surface area contributed by atoms with Gasteiger partial charge in [-0.2, -0.15) is 0 Å². The first-order valence-corrected chi connectivity index (χ1v) is 11.4. The predicted molar refractivity (Wildman–Crippen MR) is 124 cm³/mol. The maximum absolute atomic E-state index is 14.5. The monoisotopic (exact) mass is 528 g/mol. The molecule has 0 aromatic heterocycles. The zero-order chi connectivity index (χ0) is 24.3. The molecule has 0 bridgehead atoms. The third-order valence-electron chi connectivity index (χ3n) is 6.94. The molecule has 1 aliphatic heterocycles. The molecule has 1 heterocycles. The van der Waals surface area contributed by atoms with E-state index < -0.39 is 40.9 Å². The lowest BCUT2D eigenvalue weighted by atomic mass is 9.70. The third kappa shape index (κ3) is 2.88. The first-order valence-electron chi connectivity index (χ1n) is 10.7. The van der Waals surface area contributed by atoms with Crippen molar-refractivity contribution in [1.82, 2.24) is 0 Å². The smallest absolute Gasteiger partial charge is 0.312 e. The van der Waals surface area contributed by atoms with Crippen LogP contribution >= 0.6 is 15.9 Å². The molecule has 2 N–H and O–H groups in total. The van der Waals surface area contributed by atoms with Gasteiger partial charge < -0.3 is 24.4 Å². The van der Waals surface area contributed by atoms with E-state index in [2.05, 4.69) is 15.9 Å². The average molecular weight is 529 g/mol. The number of ether oxygens (including phenoxy) is 3. The number of benzene rings is 3. The lowest BCUT2D eigenvalue weighted by Gasteiger charge is -2.40. The van der Waals surface area contributed by atoms with Gasteiger partial charge in [-0.15, -0.1) is 0 Å². The van der Waals surface area contributed by atoms with Gasteiger partial charge in [0.1, 0.15) is 23.4 Å².